The fourth-order valence-corrected chi connectivity index (χ4v) is 4.07. The number of sulfonamides is 1. The molecule has 23 heavy (non-hydrogen) atoms. The molecule has 2 unspecified atom stereocenters. The number of carbonyl (C=O) groups is 1. The second-order valence-corrected chi connectivity index (χ2v) is 8.69. The van der Waals surface area contributed by atoms with Gasteiger partial charge >= 0.3 is 0 Å². The zero-order valence-electron chi connectivity index (χ0n) is 14.3. The molecule has 6 heteroatoms. The number of nitrogens with zero attached hydrogens (tertiary/aromatic N) is 2. The minimum Gasteiger partial charge on any atom is -0.337 e. The highest BCUT2D eigenvalue weighted by molar-refractivity contribution is 7.89. The highest BCUT2D eigenvalue weighted by atomic mass is 32.2. The van der Waals surface area contributed by atoms with E-state index in [2.05, 4.69) is 13.8 Å². The second kappa shape index (κ2) is 7.01. The zero-order chi connectivity index (χ0) is 17.2. The third kappa shape index (κ3) is 3.93. The van der Waals surface area contributed by atoms with Gasteiger partial charge in [-0.1, -0.05) is 12.1 Å². The fourth-order valence-electron chi connectivity index (χ4n) is 3.17. The molecular formula is C17H26N2O3S. The van der Waals surface area contributed by atoms with E-state index in [0.717, 1.165) is 18.4 Å². The Hall–Kier alpha value is -1.40. The van der Waals surface area contributed by atoms with Crippen molar-refractivity contribution in [1.82, 2.24) is 9.21 Å². The number of hydrogen-bond acceptors (Lipinski definition) is 3. The van der Waals surface area contributed by atoms with Crippen molar-refractivity contribution in [3.8, 4) is 0 Å². The summed E-state index contributed by atoms with van der Waals surface area (Å²) in [5, 5.41) is 0. The number of amides is 1. The van der Waals surface area contributed by atoms with Crippen LogP contribution in [0, 0.1) is 0 Å². The normalized spacial score (nSPS) is 22.4. The Bertz CT molecular complexity index is 643. The van der Waals surface area contributed by atoms with Gasteiger partial charge < -0.3 is 4.90 Å². The SMILES string of the molecule is CC1CCCC(C)N1C(=O)Cc1ccc(S(=O)(=O)N(C)C)cc1. The summed E-state index contributed by atoms with van der Waals surface area (Å²) in [5.74, 6) is 0.118. The van der Waals surface area contributed by atoms with Crippen LogP contribution in [-0.2, 0) is 21.2 Å². The molecule has 0 aromatic heterocycles. The lowest BCUT2D eigenvalue weighted by molar-refractivity contribution is -0.136. The molecule has 2 atom stereocenters. The number of likely N-dealkylation sites (tertiary alicyclic amines) is 1. The van der Waals surface area contributed by atoms with E-state index in [0.29, 0.717) is 6.42 Å². The summed E-state index contributed by atoms with van der Waals surface area (Å²) < 4.78 is 25.3. The minimum atomic E-state index is -3.42. The van der Waals surface area contributed by atoms with Crippen molar-refractivity contribution in [2.45, 2.75) is 56.5 Å². The Morgan fingerprint density at radius 2 is 1.65 bits per heavy atom. The maximum absolute atomic E-state index is 12.6. The fraction of sp³-hybridized carbons (Fsp3) is 0.588. The van der Waals surface area contributed by atoms with Crippen molar-refractivity contribution in [3.05, 3.63) is 29.8 Å². The maximum atomic E-state index is 12.6. The van der Waals surface area contributed by atoms with Crippen molar-refractivity contribution in [3.63, 3.8) is 0 Å². The van der Waals surface area contributed by atoms with Gasteiger partial charge in [0.1, 0.15) is 0 Å². The first-order valence-electron chi connectivity index (χ1n) is 8.06. The van der Waals surface area contributed by atoms with Crippen molar-refractivity contribution < 1.29 is 13.2 Å². The summed E-state index contributed by atoms with van der Waals surface area (Å²) in [5.41, 5.74) is 0.845. The average molecular weight is 338 g/mol. The highest BCUT2D eigenvalue weighted by Crippen LogP contribution is 2.23. The Morgan fingerprint density at radius 3 is 2.13 bits per heavy atom. The molecule has 2 rings (SSSR count). The monoisotopic (exact) mass is 338 g/mol. The molecule has 1 saturated heterocycles. The minimum absolute atomic E-state index is 0.118. The summed E-state index contributed by atoms with van der Waals surface area (Å²) in [6, 6.07) is 7.16. The average Bonchev–Trinajstić information content (AvgIpc) is 2.47. The van der Waals surface area contributed by atoms with Crippen LogP contribution in [0.15, 0.2) is 29.2 Å². The van der Waals surface area contributed by atoms with E-state index >= 15 is 0 Å². The molecule has 1 aromatic rings. The highest BCUT2D eigenvalue weighted by Gasteiger charge is 2.28. The van der Waals surface area contributed by atoms with Gasteiger partial charge in [0.05, 0.1) is 11.3 Å². The molecule has 0 radical (unpaired) electrons. The van der Waals surface area contributed by atoms with Gasteiger partial charge in [0.2, 0.25) is 15.9 Å². The predicted molar refractivity (Wildman–Crippen MR) is 90.6 cm³/mol. The van der Waals surface area contributed by atoms with Crippen molar-refractivity contribution in [2.24, 2.45) is 0 Å². The number of piperidine rings is 1. The van der Waals surface area contributed by atoms with Gasteiger partial charge in [-0.2, -0.15) is 0 Å². The number of benzene rings is 1. The lowest BCUT2D eigenvalue weighted by Crippen LogP contribution is -2.48. The smallest absolute Gasteiger partial charge is 0.242 e. The van der Waals surface area contributed by atoms with Crippen LogP contribution >= 0.6 is 0 Å². The van der Waals surface area contributed by atoms with Crippen molar-refractivity contribution in [2.75, 3.05) is 14.1 Å². The van der Waals surface area contributed by atoms with Crippen LogP contribution in [0.1, 0.15) is 38.7 Å². The molecule has 1 heterocycles. The van der Waals surface area contributed by atoms with E-state index in [1.807, 2.05) is 4.90 Å². The van der Waals surface area contributed by atoms with E-state index in [9.17, 15) is 13.2 Å². The summed E-state index contributed by atoms with van der Waals surface area (Å²) in [7, 11) is -0.410. The van der Waals surface area contributed by atoms with Crippen LogP contribution < -0.4 is 0 Å². The van der Waals surface area contributed by atoms with Crippen LogP contribution in [0.5, 0.6) is 0 Å². The summed E-state index contributed by atoms with van der Waals surface area (Å²) in [6.07, 6.45) is 3.59. The summed E-state index contributed by atoms with van der Waals surface area (Å²) in [4.78, 5) is 14.8. The van der Waals surface area contributed by atoms with E-state index in [1.54, 1.807) is 24.3 Å². The molecule has 1 aromatic carbocycles. The predicted octanol–water partition coefficient (Wildman–Crippen LogP) is 2.27. The molecule has 0 bridgehead atoms. The molecule has 5 nitrogen and oxygen atoms in total. The number of carbonyl (C=O) groups excluding carboxylic acids is 1. The molecule has 128 valence electrons. The van der Waals surface area contributed by atoms with Gasteiger partial charge in [0, 0.05) is 26.2 Å². The standard InChI is InChI=1S/C17H26N2O3S/c1-13-6-5-7-14(2)19(13)17(20)12-15-8-10-16(11-9-15)23(21,22)18(3)4/h8-11,13-14H,5-7,12H2,1-4H3. The Morgan fingerprint density at radius 1 is 1.13 bits per heavy atom. The number of hydrogen-bond donors (Lipinski definition) is 0. The lowest BCUT2D eigenvalue weighted by atomic mass is 9.96. The molecule has 1 aliphatic rings. The first kappa shape index (κ1) is 17.9. The van der Waals surface area contributed by atoms with E-state index in [1.165, 1.54) is 24.8 Å². The Labute approximate surface area is 139 Å². The maximum Gasteiger partial charge on any atom is 0.242 e. The third-order valence-electron chi connectivity index (χ3n) is 4.54. The van der Waals surface area contributed by atoms with Gasteiger partial charge in [-0.05, 0) is 50.8 Å². The van der Waals surface area contributed by atoms with Crippen LogP contribution in [0.2, 0.25) is 0 Å². The third-order valence-corrected chi connectivity index (χ3v) is 6.37. The first-order valence-corrected chi connectivity index (χ1v) is 9.50. The van der Waals surface area contributed by atoms with Gasteiger partial charge in [-0.25, -0.2) is 12.7 Å². The summed E-state index contributed by atoms with van der Waals surface area (Å²) >= 11 is 0. The molecular weight excluding hydrogens is 312 g/mol. The Balaban J connectivity index is 2.10. The van der Waals surface area contributed by atoms with Crippen LogP contribution in [0.4, 0.5) is 0 Å². The van der Waals surface area contributed by atoms with E-state index in [4.69, 9.17) is 0 Å². The molecule has 0 saturated carbocycles. The van der Waals surface area contributed by atoms with Crippen molar-refractivity contribution in [1.29, 1.82) is 0 Å². The van der Waals surface area contributed by atoms with E-state index < -0.39 is 10.0 Å². The van der Waals surface area contributed by atoms with Gasteiger partial charge in [-0.15, -0.1) is 0 Å². The van der Waals surface area contributed by atoms with Gasteiger partial charge in [0.15, 0.2) is 0 Å². The van der Waals surface area contributed by atoms with Gasteiger partial charge in [0.25, 0.3) is 0 Å². The molecule has 1 fully saturated rings. The molecule has 1 amide bonds. The number of rotatable bonds is 4. The van der Waals surface area contributed by atoms with Crippen LogP contribution in [0.25, 0.3) is 0 Å². The molecule has 0 aliphatic carbocycles. The quantitative estimate of drug-likeness (QED) is 0.846. The Kier molecular flexibility index (Phi) is 5.47. The molecule has 1 aliphatic heterocycles. The summed E-state index contributed by atoms with van der Waals surface area (Å²) in [6.45, 7) is 4.20. The molecule has 0 spiro atoms. The first-order chi connectivity index (χ1) is 10.7. The largest absolute Gasteiger partial charge is 0.337 e. The van der Waals surface area contributed by atoms with E-state index in [-0.39, 0.29) is 22.9 Å². The topological polar surface area (TPSA) is 57.7 Å². The lowest BCUT2D eigenvalue weighted by Gasteiger charge is -2.39. The van der Waals surface area contributed by atoms with Gasteiger partial charge in [-0.3, -0.25) is 4.79 Å². The zero-order valence-corrected chi connectivity index (χ0v) is 15.1. The van der Waals surface area contributed by atoms with Crippen molar-refractivity contribution >= 4 is 15.9 Å². The second-order valence-electron chi connectivity index (χ2n) is 6.54. The molecule has 0 N–H and O–H groups in total. The van der Waals surface area contributed by atoms with Crippen LogP contribution in [0.3, 0.4) is 0 Å². The van der Waals surface area contributed by atoms with Crippen LogP contribution in [-0.4, -0.2) is 49.7 Å².